The van der Waals surface area contributed by atoms with E-state index in [-0.39, 0.29) is 5.75 Å². The van der Waals surface area contributed by atoms with Crippen LogP contribution in [0.2, 0.25) is 0 Å². The Kier molecular flexibility index (Phi) is 6.53. The van der Waals surface area contributed by atoms with Crippen LogP contribution in [0.5, 0.6) is 11.5 Å². The van der Waals surface area contributed by atoms with Crippen LogP contribution in [0.25, 0.3) is 0 Å². The molecule has 0 unspecified atom stereocenters. The Morgan fingerprint density at radius 2 is 1.88 bits per heavy atom. The van der Waals surface area contributed by atoms with E-state index in [0.717, 1.165) is 24.7 Å². The fourth-order valence-corrected chi connectivity index (χ4v) is 1.77. The van der Waals surface area contributed by atoms with E-state index in [2.05, 4.69) is 13.8 Å². The summed E-state index contributed by atoms with van der Waals surface area (Å²) < 4.78 is 5.55. The van der Waals surface area contributed by atoms with Gasteiger partial charge in [-0.15, -0.1) is 0 Å². The molecule has 0 fully saturated rings. The fourth-order valence-electron chi connectivity index (χ4n) is 1.77. The van der Waals surface area contributed by atoms with Gasteiger partial charge in [0.05, 0.1) is 6.61 Å². The molecule has 1 rings (SSSR count). The van der Waals surface area contributed by atoms with Crippen LogP contribution in [0.3, 0.4) is 0 Å². The van der Waals surface area contributed by atoms with Crippen LogP contribution in [-0.2, 0) is 0 Å². The maximum Gasteiger partial charge on any atom is 0.122 e. The molecule has 0 aromatic heterocycles. The van der Waals surface area contributed by atoms with Gasteiger partial charge in [-0.2, -0.15) is 0 Å². The largest absolute Gasteiger partial charge is 0.508 e. The maximum absolute atomic E-state index is 9.26. The van der Waals surface area contributed by atoms with Crippen LogP contribution in [0.1, 0.15) is 46.0 Å². The van der Waals surface area contributed by atoms with Gasteiger partial charge in [-0.25, -0.2) is 0 Å². The van der Waals surface area contributed by atoms with Crippen molar-refractivity contribution in [2.45, 2.75) is 46.0 Å². The first-order valence-corrected chi connectivity index (χ1v) is 6.60. The number of rotatable bonds is 8. The first kappa shape index (κ1) is 13.9. The molecule has 2 nitrogen and oxygen atoms in total. The molecule has 0 heterocycles. The highest BCUT2D eigenvalue weighted by molar-refractivity contribution is 5.31. The summed E-state index contributed by atoms with van der Waals surface area (Å²) in [5.74, 6) is 1.84. The van der Waals surface area contributed by atoms with E-state index in [1.807, 2.05) is 6.07 Å². The molecular weight excluding hydrogens is 212 g/mol. The molecule has 0 aliphatic carbocycles. The summed E-state index contributed by atoms with van der Waals surface area (Å²) in [5.41, 5.74) is 0. The number of hydrogen-bond donors (Lipinski definition) is 1. The highest BCUT2D eigenvalue weighted by atomic mass is 16.5. The summed E-state index contributed by atoms with van der Waals surface area (Å²) in [6, 6.07) is 6.98. The minimum absolute atomic E-state index is 0.263. The Labute approximate surface area is 105 Å². The molecule has 0 saturated carbocycles. The van der Waals surface area contributed by atoms with Crippen molar-refractivity contribution < 1.29 is 9.84 Å². The lowest BCUT2D eigenvalue weighted by atomic mass is 10.0. The van der Waals surface area contributed by atoms with Gasteiger partial charge in [0.25, 0.3) is 0 Å². The van der Waals surface area contributed by atoms with Crippen LogP contribution >= 0.6 is 0 Å². The number of benzene rings is 1. The average molecular weight is 236 g/mol. The predicted octanol–water partition coefficient (Wildman–Crippen LogP) is 4.38. The monoisotopic (exact) mass is 236 g/mol. The van der Waals surface area contributed by atoms with Gasteiger partial charge in [-0.1, -0.05) is 45.6 Å². The summed E-state index contributed by atoms with van der Waals surface area (Å²) in [7, 11) is 0. The summed E-state index contributed by atoms with van der Waals surface area (Å²) >= 11 is 0. The second-order valence-electron chi connectivity index (χ2n) is 4.94. The smallest absolute Gasteiger partial charge is 0.122 e. The molecule has 0 saturated heterocycles. The molecule has 96 valence electrons. The predicted molar refractivity (Wildman–Crippen MR) is 71.5 cm³/mol. The second-order valence-corrected chi connectivity index (χ2v) is 4.94. The summed E-state index contributed by atoms with van der Waals surface area (Å²) in [6.07, 6.45) is 6.26. The summed E-state index contributed by atoms with van der Waals surface area (Å²) in [6.45, 7) is 5.28. The van der Waals surface area contributed by atoms with E-state index in [1.165, 1.54) is 25.7 Å². The van der Waals surface area contributed by atoms with E-state index in [1.54, 1.807) is 18.2 Å². The minimum atomic E-state index is 0.263. The molecule has 0 aliphatic rings. The van der Waals surface area contributed by atoms with E-state index in [0.29, 0.717) is 0 Å². The van der Waals surface area contributed by atoms with Crippen LogP contribution in [0.4, 0.5) is 0 Å². The molecule has 0 bridgehead atoms. The number of phenols is 1. The Morgan fingerprint density at radius 1 is 1.12 bits per heavy atom. The maximum atomic E-state index is 9.26. The highest BCUT2D eigenvalue weighted by Gasteiger charge is 1.97. The number of aromatic hydroxyl groups is 1. The van der Waals surface area contributed by atoms with Gasteiger partial charge in [0.15, 0.2) is 0 Å². The Balaban J connectivity index is 2.01. The topological polar surface area (TPSA) is 29.5 Å². The lowest BCUT2D eigenvalue weighted by Crippen LogP contribution is -1.97. The van der Waals surface area contributed by atoms with Crippen LogP contribution in [-0.4, -0.2) is 11.7 Å². The van der Waals surface area contributed by atoms with E-state index in [4.69, 9.17) is 4.74 Å². The lowest BCUT2D eigenvalue weighted by molar-refractivity contribution is 0.302. The van der Waals surface area contributed by atoms with Crippen molar-refractivity contribution in [2.24, 2.45) is 5.92 Å². The highest BCUT2D eigenvalue weighted by Crippen LogP contribution is 2.18. The van der Waals surface area contributed by atoms with Crippen molar-refractivity contribution in [3.05, 3.63) is 24.3 Å². The van der Waals surface area contributed by atoms with Gasteiger partial charge in [0.1, 0.15) is 11.5 Å². The molecule has 1 aromatic rings. The molecule has 0 amide bonds. The van der Waals surface area contributed by atoms with Gasteiger partial charge in [0, 0.05) is 6.07 Å². The SMILES string of the molecule is CC(C)CCCCCCOc1cccc(O)c1. The number of phenolic OH excluding ortho intramolecular Hbond substituents is 1. The molecule has 0 spiro atoms. The first-order chi connectivity index (χ1) is 8.18. The molecular formula is C15H24O2. The van der Waals surface area contributed by atoms with Crippen molar-refractivity contribution in [3.63, 3.8) is 0 Å². The fraction of sp³-hybridized carbons (Fsp3) is 0.600. The molecule has 0 radical (unpaired) electrons. The molecule has 0 atom stereocenters. The van der Waals surface area contributed by atoms with Crippen molar-refractivity contribution in [2.75, 3.05) is 6.61 Å². The van der Waals surface area contributed by atoms with Crippen LogP contribution in [0, 0.1) is 5.92 Å². The third-order valence-corrected chi connectivity index (χ3v) is 2.76. The van der Waals surface area contributed by atoms with Crippen molar-refractivity contribution in [1.82, 2.24) is 0 Å². The van der Waals surface area contributed by atoms with Crippen LogP contribution in [0.15, 0.2) is 24.3 Å². The molecule has 0 aliphatic heterocycles. The number of ether oxygens (including phenoxy) is 1. The zero-order valence-electron chi connectivity index (χ0n) is 11.0. The van der Waals surface area contributed by atoms with E-state index in [9.17, 15) is 5.11 Å². The van der Waals surface area contributed by atoms with Gasteiger partial charge >= 0.3 is 0 Å². The second kappa shape index (κ2) is 7.99. The third-order valence-electron chi connectivity index (χ3n) is 2.76. The van der Waals surface area contributed by atoms with Crippen molar-refractivity contribution in [3.8, 4) is 11.5 Å². The van der Waals surface area contributed by atoms with Crippen molar-refractivity contribution in [1.29, 1.82) is 0 Å². The Bertz CT molecular complexity index is 308. The molecule has 1 N–H and O–H groups in total. The van der Waals surface area contributed by atoms with Gasteiger partial charge in [0.2, 0.25) is 0 Å². The van der Waals surface area contributed by atoms with Gasteiger partial charge in [-0.3, -0.25) is 0 Å². The van der Waals surface area contributed by atoms with E-state index < -0.39 is 0 Å². The Hall–Kier alpha value is -1.18. The summed E-state index contributed by atoms with van der Waals surface area (Å²) in [4.78, 5) is 0. The number of unbranched alkanes of at least 4 members (excludes halogenated alkanes) is 3. The van der Waals surface area contributed by atoms with E-state index >= 15 is 0 Å². The standard InChI is InChI=1S/C15H24O2/c1-13(2)8-5-3-4-6-11-17-15-10-7-9-14(16)12-15/h7,9-10,12-13,16H,3-6,8,11H2,1-2H3. The summed E-state index contributed by atoms with van der Waals surface area (Å²) in [5, 5.41) is 9.26. The molecule has 17 heavy (non-hydrogen) atoms. The van der Waals surface area contributed by atoms with Crippen molar-refractivity contribution >= 4 is 0 Å². The minimum Gasteiger partial charge on any atom is -0.508 e. The normalized spacial score (nSPS) is 10.8. The van der Waals surface area contributed by atoms with Gasteiger partial charge in [-0.05, 0) is 24.5 Å². The van der Waals surface area contributed by atoms with Crippen LogP contribution < -0.4 is 4.74 Å². The third kappa shape index (κ3) is 6.88. The zero-order chi connectivity index (χ0) is 12.5. The lowest BCUT2D eigenvalue weighted by Gasteiger charge is -2.07. The zero-order valence-corrected chi connectivity index (χ0v) is 11.0. The first-order valence-electron chi connectivity index (χ1n) is 6.60. The average Bonchev–Trinajstić information content (AvgIpc) is 2.27. The quantitative estimate of drug-likeness (QED) is 0.679. The number of hydrogen-bond acceptors (Lipinski definition) is 2. The van der Waals surface area contributed by atoms with Gasteiger partial charge < -0.3 is 9.84 Å². The molecule has 1 aromatic carbocycles. The molecule has 2 heteroatoms. The Morgan fingerprint density at radius 3 is 2.59 bits per heavy atom.